The van der Waals surface area contributed by atoms with E-state index in [0.29, 0.717) is 5.89 Å². The molecule has 0 saturated heterocycles. The minimum atomic E-state index is 0.612. The van der Waals surface area contributed by atoms with E-state index < -0.39 is 0 Å². The van der Waals surface area contributed by atoms with E-state index >= 15 is 0 Å². The highest BCUT2D eigenvalue weighted by molar-refractivity contribution is 6.12. The Morgan fingerprint density at radius 1 is 0.550 bits per heavy atom. The number of hydrogen-bond acceptors (Lipinski definition) is 3. The third kappa shape index (κ3) is 3.62. The molecular formula is C36H23N3O. The van der Waals surface area contributed by atoms with E-state index in [1.54, 1.807) is 0 Å². The van der Waals surface area contributed by atoms with Gasteiger partial charge in [-0.15, -0.1) is 0 Å². The Morgan fingerprint density at radius 2 is 1.35 bits per heavy atom. The Kier molecular flexibility index (Phi) is 5.10. The van der Waals surface area contributed by atoms with E-state index in [2.05, 4.69) is 94.5 Å². The SMILES string of the molecule is c1ccc(-c2cc3c4ccccc4n(-c4cccc(-c5ccccn5)c4)c3cc2-c2nc3ccccc3o2)cc1. The van der Waals surface area contributed by atoms with Crippen molar-refractivity contribution in [3.63, 3.8) is 0 Å². The molecule has 40 heavy (non-hydrogen) atoms. The maximum absolute atomic E-state index is 6.33. The molecule has 0 aliphatic heterocycles. The summed E-state index contributed by atoms with van der Waals surface area (Å²) in [6.45, 7) is 0. The molecule has 0 spiro atoms. The second-order valence-electron chi connectivity index (χ2n) is 9.89. The number of nitrogens with zero attached hydrogens (tertiary/aromatic N) is 3. The molecule has 4 heteroatoms. The quantitative estimate of drug-likeness (QED) is 0.235. The summed E-state index contributed by atoms with van der Waals surface area (Å²) in [7, 11) is 0. The fourth-order valence-corrected chi connectivity index (χ4v) is 5.65. The lowest BCUT2D eigenvalue weighted by Gasteiger charge is -2.12. The van der Waals surface area contributed by atoms with Crippen LogP contribution in [0.25, 0.3) is 72.4 Å². The fraction of sp³-hybridized carbons (Fsp3) is 0. The number of fused-ring (bicyclic) bond motifs is 4. The average Bonchev–Trinajstić information content (AvgIpc) is 3.60. The number of pyridine rings is 1. The minimum absolute atomic E-state index is 0.612. The van der Waals surface area contributed by atoms with Gasteiger partial charge >= 0.3 is 0 Å². The number of rotatable bonds is 4. The van der Waals surface area contributed by atoms with Crippen LogP contribution in [0.2, 0.25) is 0 Å². The lowest BCUT2D eigenvalue weighted by Crippen LogP contribution is -1.95. The first-order chi connectivity index (χ1) is 19.8. The molecule has 0 unspecified atom stereocenters. The topological polar surface area (TPSA) is 43.9 Å². The largest absolute Gasteiger partial charge is 0.436 e. The van der Waals surface area contributed by atoms with Crippen molar-refractivity contribution < 1.29 is 4.42 Å². The molecular weight excluding hydrogens is 490 g/mol. The zero-order chi connectivity index (χ0) is 26.5. The van der Waals surface area contributed by atoms with Gasteiger partial charge in [-0.2, -0.15) is 0 Å². The van der Waals surface area contributed by atoms with Gasteiger partial charge in [0.05, 0.1) is 16.7 Å². The molecule has 0 aliphatic carbocycles. The Morgan fingerprint density at radius 3 is 2.23 bits per heavy atom. The van der Waals surface area contributed by atoms with Crippen LogP contribution in [-0.4, -0.2) is 14.5 Å². The fourth-order valence-electron chi connectivity index (χ4n) is 5.65. The van der Waals surface area contributed by atoms with Gasteiger partial charge in [0, 0.05) is 33.8 Å². The standard InChI is InChI=1S/C36H23N3O/c1-2-11-24(12-3-1)28-22-29-27-15-4-6-18-33(27)39(26-14-10-13-25(21-26)31-16-8-9-20-37-31)34(29)23-30(28)36-38-32-17-5-7-19-35(32)40-36/h1-23H. The Hall–Kier alpha value is -5.48. The summed E-state index contributed by atoms with van der Waals surface area (Å²) in [6, 6.07) is 46.1. The molecule has 188 valence electrons. The van der Waals surface area contributed by atoms with Crippen LogP contribution in [0.4, 0.5) is 0 Å². The molecule has 8 rings (SSSR count). The average molecular weight is 514 g/mol. The number of oxazole rings is 1. The van der Waals surface area contributed by atoms with E-state index in [1.165, 1.54) is 10.8 Å². The molecule has 0 amide bonds. The second-order valence-corrected chi connectivity index (χ2v) is 9.89. The van der Waals surface area contributed by atoms with Crippen LogP contribution in [0.5, 0.6) is 0 Å². The van der Waals surface area contributed by atoms with Crippen molar-refractivity contribution in [1.29, 1.82) is 0 Å². The van der Waals surface area contributed by atoms with Crippen molar-refractivity contribution in [3.05, 3.63) is 140 Å². The maximum atomic E-state index is 6.33. The molecule has 0 saturated carbocycles. The summed E-state index contributed by atoms with van der Waals surface area (Å²) in [4.78, 5) is 9.49. The highest BCUT2D eigenvalue weighted by Gasteiger charge is 2.20. The molecule has 3 aromatic heterocycles. The predicted molar refractivity (Wildman–Crippen MR) is 162 cm³/mol. The van der Waals surface area contributed by atoms with Crippen LogP contribution in [-0.2, 0) is 0 Å². The first kappa shape index (κ1) is 22.5. The van der Waals surface area contributed by atoms with E-state index in [0.717, 1.165) is 55.8 Å². The van der Waals surface area contributed by atoms with Crippen LogP contribution in [0.15, 0.2) is 144 Å². The van der Waals surface area contributed by atoms with Crippen LogP contribution < -0.4 is 0 Å². The van der Waals surface area contributed by atoms with Gasteiger partial charge in [-0.3, -0.25) is 4.98 Å². The molecule has 0 aliphatic rings. The van der Waals surface area contributed by atoms with Crippen molar-refractivity contribution in [2.24, 2.45) is 0 Å². The zero-order valence-electron chi connectivity index (χ0n) is 21.5. The highest BCUT2D eigenvalue weighted by Crippen LogP contribution is 2.41. The smallest absolute Gasteiger partial charge is 0.228 e. The number of hydrogen-bond donors (Lipinski definition) is 0. The highest BCUT2D eigenvalue weighted by atomic mass is 16.3. The maximum Gasteiger partial charge on any atom is 0.228 e. The van der Waals surface area contributed by atoms with Crippen LogP contribution in [0.1, 0.15) is 0 Å². The van der Waals surface area contributed by atoms with Gasteiger partial charge in [0.15, 0.2) is 5.58 Å². The van der Waals surface area contributed by atoms with Gasteiger partial charge in [-0.25, -0.2) is 4.98 Å². The second kappa shape index (κ2) is 9.07. The van der Waals surface area contributed by atoms with Gasteiger partial charge in [0.1, 0.15) is 5.52 Å². The summed E-state index contributed by atoms with van der Waals surface area (Å²) in [5.41, 5.74) is 10.1. The lowest BCUT2D eigenvalue weighted by atomic mass is 9.97. The van der Waals surface area contributed by atoms with Crippen molar-refractivity contribution >= 4 is 32.9 Å². The summed E-state index contributed by atoms with van der Waals surface area (Å²) >= 11 is 0. The number of aromatic nitrogens is 3. The Bertz CT molecular complexity index is 2130. The zero-order valence-corrected chi connectivity index (χ0v) is 21.5. The third-order valence-corrected chi connectivity index (χ3v) is 7.49. The van der Waals surface area contributed by atoms with E-state index in [9.17, 15) is 0 Å². The monoisotopic (exact) mass is 513 g/mol. The Labute approximate surface area is 230 Å². The van der Waals surface area contributed by atoms with E-state index in [4.69, 9.17) is 9.40 Å². The van der Waals surface area contributed by atoms with Crippen molar-refractivity contribution in [3.8, 4) is 39.5 Å². The van der Waals surface area contributed by atoms with Gasteiger partial charge in [0.2, 0.25) is 5.89 Å². The third-order valence-electron chi connectivity index (χ3n) is 7.49. The molecule has 0 fully saturated rings. The van der Waals surface area contributed by atoms with E-state index in [-0.39, 0.29) is 0 Å². The van der Waals surface area contributed by atoms with Gasteiger partial charge < -0.3 is 8.98 Å². The minimum Gasteiger partial charge on any atom is -0.436 e. The summed E-state index contributed by atoms with van der Waals surface area (Å²) in [5.74, 6) is 0.612. The number of para-hydroxylation sites is 3. The molecule has 0 atom stereocenters. The first-order valence-electron chi connectivity index (χ1n) is 13.3. The van der Waals surface area contributed by atoms with Crippen molar-refractivity contribution in [2.45, 2.75) is 0 Å². The first-order valence-corrected chi connectivity index (χ1v) is 13.3. The predicted octanol–water partition coefficient (Wildman–Crippen LogP) is 9.32. The molecule has 5 aromatic carbocycles. The molecule has 0 bridgehead atoms. The lowest BCUT2D eigenvalue weighted by molar-refractivity contribution is 0.620. The molecule has 8 aromatic rings. The van der Waals surface area contributed by atoms with Crippen LogP contribution in [0, 0.1) is 0 Å². The molecule has 4 nitrogen and oxygen atoms in total. The van der Waals surface area contributed by atoms with Gasteiger partial charge in [-0.05, 0) is 65.7 Å². The molecule has 0 radical (unpaired) electrons. The van der Waals surface area contributed by atoms with Crippen LogP contribution in [0.3, 0.4) is 0 Å². The molecule has 3 heterocycles. The summed E-state index contributed by atoms with van der Waals surface area (Å²) in [6.07, 6.45) is 1.83. The normalized spacial score (nSPS) is 11.5. The Balaban J connectivity index is 1.45. The van der Waals surface area contributed by atoms with Gasteiger partial charge in [-0.1, -0.05) is 78.9 Å². The summed E-state index contributed by atoms with van der Waals surface area (Å²) < 4.78 is 8.66. The van der Waals surface area contributed by atoms with Crippen LogP contribution >= 0.6 is 0 Å². The van der Waals surface area contributed by atoms with Crippen molar-refractivity contribution in [1.82, 2.24) is 14.5 Å². The number of benzene rings is 5. The van der Waals surface area contributed by atoms with E-state index in [1.807, 2.05) is 54.7 Å². The van der Waals surface area contributed by atoms with Crippen molar-refractivity contribution in [2.75, 3.05) is 0 Å². The summed E-state index contributed by atoms with van der Waals surface area (Å²) in [5, 5.41) is 2.37. The molecule has 0 N–H and O–H groups in total. The van der Waals surface area contributed by atoms with Gasteiger partial charge in [0.25, 0.3) is 0 Å².